The molecule has 1 aliphatic rings. The van der Waals surface area contributed by atoms with Gasteiger partial charge < -0.3 is 5.32 Å². The summed E-state index contributed by atoms with van der Waals surface area (Å²) in [6.07, 6.45) is 3.93. The summed E-state index contributed by atoms with van der Waals surface area (Å²) >= 11 is 3.80. The molecule has 0 saturated heterocycles. The number of hydrogen-bond acceptors (Lipinski definition) is 3. The third kappa shape index (κ3) is 2.07. The standard InChI is InChI=1S/C14H17NS2/c1-15-14(13-6-3-8-16-13)11-4-2-5-12-10(11)7-9-17-12/h3,6-9,11,14-15H,2,4-5H2,1H3. The van der Waals surface area contributed by atoms with Crippen molar-refractivity contribution in [1.82, 2.24) is 5.32 Å². The first kappa shape index (κ1) is 11.5. The Labute approximate surface area is 111 Å². The maximum Gasteiger partial charge on any atom is 0.0482 e. The fourth-order valence-corrected chi connectivity index (χ4v) is 4.78. The van der Waals surface area contributed by atoms with Crippen LogP contribution in [-0.2, 0) is 6.42 Å². The molecule has 3 heteroatoms. The van der Waals surface area contributed by atoms with Gasteiger partial charge in [0.05, 0.1) is 0 Å². The molecule has 2 aromatic rings. The molecule has 2 unspecified atom stereocenters. The zero-order chi connectivity index (χ0) is 11.7. The molecule has 2 atom stereocenters. The Morgan fingerprint density at radius 3 is 3.00 bits per heavy atom. The molecule has 2 aromatic heterocycles. The molecule has 17 heavy (non-hydrogen) atoms. The lowest BCUT2D eigenvalue weighted by atomic mass is 9.82. The van der Waals surface area contributed by atoms with Crippen LogP contribution in [0.1, 0.15) is 40.1 Å². The van der Waals surface area contributed by atoms with Crippen LogP contribution < -0.4 is 5.32 Å². The smallest absolute Gasteiger partial charge is 0.0482 e. The molecule has 0 saturated carbocycles. The van der Waals surface area contributed by atoms with Crippen LogP contribution in [0.3, 0.4) is 0 Å². The third-order valence-corrected chi connectivity index (χ3v) is 5.61. The first-order valence-corrected chi connectivity index (χ1v) is 7.93. The normalized spacial score (nSPS) is 21.1. The maximum atomic E-state index is 3.52. The predicted molar refractivity (Wildman–Crippen MR) is 76.1 cm³/mol. The molecule has 0 bridgehead atoms. The minimum absolute atomic E-state index is 0.489. The summed E-state index contributed by atoms with van der Waals surface area (Å²) in [5.41, 5.74) is 1.59. The van der Waals surface area contributed by atoms with Gasteiger partial charge >= 0.3 is 0 Å². The van der Waals surface area contributed by atoms with Crippen molar-refractivity contribution >= 4 is 22.7 Å². The summed E-state index contributed by atoms with van der Waals surface area (Å²) in [4.78, 5) is 3.08. The van der Waals surface area contributed by atoms with Gasteiger partial charge in [-0.15, -0.1) is 22.7 Å². The number of likely N-dealkylation sites (N-methyl/N-ethyl adjacent to an activating group) is 1. The van der Waals surface area contributed by atoms with Gasteiger partial charge in [0, 0.05) is 21.7 Å². The van der Waals surface area contributed by atoms with E-state index in [9.17, 15) is 0 Å². The number of thiophene rings is 2. The van der Waals surface area contributed by atoms with Crippen molar-refractivity contribution in [2.45, 2.75) is 31.2 Å². The van der Waals surface area contributed by atoms with Crippen molar-refractivity contribution in [3.63, 3.8) is 0 Å². The highest BCUT2D eigenvalue weighted by Gasteiger charge is 2.29. The van der Waals surface area contributed by atoms with E-state index in [1.165, 1.54) is 24.1 Å². The van der Waals surface area contributed by atoms with E-state index in [-0.39, 0.29) is 0 Å². The van der Waals surface area contributed by atoms with Gasteiger partial charge in [-0.1, -0.05) is 6.07 Å². The summed E-state index contributed by atoms with van der Waals surface area (Å²) in [6, 6.07) is 7.24. The summed E-state index contributed by atoms with van der Waals surface area (Å²) < 4.78 is 0. The molecule has 90 valence electrons. The molecule has 1 aliphatic carbocycles. The van der Waals surface area contributed by atoms with Gasteiger partial charge in [-0.25, -0.2) is 0 Å². The number of fused-ring (bicyclic) bond motifs is 1. The monoisotopic (exact) mass is 263 g/mol. The van der Waals surface area contributed by atoms with E-state index in [2.05, 4.69) is 41.3 Å². The zero-order valence-electron chi connectivity index (χ0n) is 9.98. The predicted octanol–water partition coefficient (Wildman–Crippen LogP) is 4.19. The van der Waals surface area contributed by atoms with E-state index in [0.717, 1.165) is 0 Å². The number of rotatable bonds is 3. The summed E-state index contributed by atoms with van der Waals surface area (Å²) in [6.45, 7) is 0. The molecule has 1 nitrogen and oxygen atoms in total. The van der Waals surface area contributed by atoms with Crippen LogP contribution in [0.4, 0.5) is 0 Å². The molecular formula is C14H17NS2. The minimum Gasteiger partial charge on any atom is -0.312 e. The van der Waals surface area contributed by atoms with Gasteiger partial charge in [-0.3, -0.25) is 0 Å². The highest BCUT2D eigenvalue weighted by Crippen LogP contribution is 2.43. The first-order chi connectivity index (χ1) is 8.40. The highest BCUT2D eigenvalue weighted by atomic mass is 32.1. The molecule has 1 N–H and O–H groups in total. The molecule has 3 rings (SSSR count). The second-order valence-corrected chi connectivity index (χ2v) is 6.56. The van der Waals surface area contributed by atoms with Crippen molar-refractivity contribution in [2.75, 3.05) is 7.05 Å². The molecular weight excluding hydrogens is 246 g/mol. The van der Waals surface area contributed by atoms with Gasteiger partial charge in [-0.2, -0.15) is 0 Å². The van der Waals surface area contributed by atoms with Crippen molar-refractivity contribution in [2.24, 2.45) is 0 Å². The van der Waals surface area contributed by atoms with Crippen LogP contribution in [0.15, 0.2) is 29.0 Å². The van der Waals surface area contributed by atoms with Crippen LogP contribution in [0, 0.1) is 0 Å². The fraction of sp³-hybridized carbons (Fsp3) is 0.429. The molecule has 2 heterocycles. The van der Waals surface area contributed by atoms with E-state index in [0.29, 0.717) is 12.0 Å². The Bertz CT molecular complexity index is 472. The lowest BCUT2D eigenvalue weighted by Crippen LogP contribution is -2.25. The summed E-state index contributed by atoms with van der Waals surface area (Å²) in [5, 5.41) is 7.95. The van der Waals surface area contributed by atoms with Gasteiger partial charge in [0.1, 0.15) is 0 Å². The lowest BCUT2D eigenvalue weighted by molar-refractivity contribution is 0.433. The molecule has 0 aromatic carbocycles. The van der Waals surface area contributed by atoms with E-state index < -0.39 is 0 Å². The Hall–Kier alpha value is -0.640. The van der Waals surface area contributed by atoms with Crippen LogP contribution >= 0.6 is 22.7 Å². The Morgan fingerprint density at radius 2 is 2.24 bits per heavy atom. The minimum atomic E-state index is 0.489. The number of nitrogens with one attached hydrogen (secondary N) is 1. The van der Waals surface area contributed by atoms with Crippen molar-refractivity contribution in [3.05, 3.63) is 44.3 Å². The third-order valence-electron chi connectivity index (χ3n) is 3.66. The fourth-order valence-electron chi connectivity index (χ4n) is 2.88. The lowest BCUT2D eigenvalue weighted by Gasteiger charge is -2.30. The maximum absolute atomic E-state index is 3.52. The van der Waals surface area contributed by atoms with E-state index in [1.807, 2.05) is 22.7 Å². The largest absolute Gasteiger partial charge is 0.312 e. The van der Waals surface area contributed by atoms with Gasteiger partial charge in [-0.05, 0) is 54.8 Å². The second-order valence-electron chi connectivity index (χ2n) is 4.58. The van der Waals surface area contributed by atoms with Gasteiger partial charge in [0.25, 0.3) is 0 Å². The van der Waals surface area contributed by atoms with Crippen molar-refractivity contribution in [1.29, 1.82) is 0 Å². The highest BCUT2D eigenvalue weighted by molar-refractivity contribution is 7.10. The average molecular weight is 263 g/mol. The summed E-state index contributed by atoms with van der Waals surface area (Å²) in [7, 11) is 2.09. The number of aryl methyl sites for hydroxylation is 1. The van der Waals surface area contributed by atoms with Gasteiger partial charge in [0.15, 0.2) is 0 Å². The van der Waals surface area contributed by atoms with Crippen LogP contribution in [-0.4, -0.2) is 7.05 Å². The quantitative estimate of drug-likeness (QED) is 0.875. The Morgan fingerprint density at radius 1 is 1.29 bits per heavy atom. The molecule has 0 fully saturated rings. The van der Waals surface area contributed by atoms with Crippen molar-refractivity contribution in [3.8, 4) is 0 Å². The van der Waals surface area contributed by atoms with E-state index in [4.69, 9.17) is 0 Å². The van der Waals surface area contributed by atoms with Crippen LogP contribution in [0.25, 0.3) is 0 Å². The topological polar surface area (TPSA) is 12.0 Å². The van der Waals surface area contributed by atoms with E-state index >= 15 is 0 Å². The second kappa shape index (κ2) is 4.92. The van der Waals surface area contributed by atoms with Gasteiger partial charge in [0.2, 0.25) is 0 Å². The SMILES string of the molecule is CNC(c1cccs1)C1CCCc2sccc21. The van der Waals surface area contributed by atoms with Crippen LogP contribution in [0.5, 0.6) is 0 Å². The molecule has 0 amide bonds. The number of hydrogen-bond donors (Lipinski definition) is 1. The van der Waals surface area contributed by atoms with E-state index in [1.54, 1.807) is 10.4 Å². The van der Waals surface area contributed by atoms with Crippen molar-refractivity contribution < 1.29 is 0 Å². The zero-order valence-corrected chi connectivity index (χ0v) is 11.6. The average Bonchev–Trinajstić information content (AvgIpc) is 3.00. The Kier molecular flexibility index (Phi) is 3.32. The summed E-state index contributed by atoms with van der Waals surface area (Å²) in [5.74, 6) is 0.661. The first-order valence-electron chi connectivity index (χ1n) is 6.17. The van der Waals surface area contributed by atoms with Crippen LogP contribution in [0.2, 0.25) is 0 Å². The molecule has 0 spiro atoms. The molecule has 0 aliphatic heterocycles. The Balaban J connectivity index is 1.94. The molecule has 0 radical (unpaired) electrons.